The van der Waals surface area contributed by atoms with E-state index in [0.717, 1.165) is 33.4 Å². The molecule has 0 atom stereocenters. The van der Waals surface area contributed by atoms with E-state index in [4.69, 9.17) is 4.98 Å². The number of amides is 1. The molecule has 6 nitrogen and oxygen atoms in total. The maximum absolute atomic E-state index is 13.7. The molecule has 5 rings (SSSR count). The molecular formula is C26H22N4O2S. The molecule has 0 unspecified atom stereocenters. The molecule has 0 saturated heterocycles. The van der Waals surface area contributed by atoms with Crippen LogP contribution in [0.5, 0.6) is 0 Å². The van der Waals surface area contributed by atoms with Crippen LogP contribution in [0.3, 0.4) is 0 Å². The van der Waals surface area contributed by atoms with Gasteiger partial charge in [0, 0.05) is 16.6 Å². The lowest BCUT2D eigenvalue weighted by molar-refractivity contribution is -0.113. The number of nitrogens with zero attached hydrogens (tertiary/aromatic N) is 2. The molecule has 33 heavy (non-hydrogen) atoms. The molecular weight excluding hydrogens is 432 g/mol. The molecule has 0 saturated carbocycles. The number of fused-ring (bicyclic) bond motifs is 3. The highest BCUT2D eigenvalue weighted by atomic mass is 32.2. The fourth-order valence-electron chi connectivity index (χ4n) is 3.88. The fourth-order valence-corrected chi connectivity index (χ4v) is 4.68. The molecule has 0 aliphatic rings. The van der Waals surface area contributed by atoms with Crippen molar-refractivity contribution in [2.75, 3.05) is 11.1 Å². The molecule has 2 N–H and O–H groups in total. The number of aryl methyl sites for hydroxylation is 1. The number of thioether (sulfide) groups is 1. The van der Waals surface area contributed by atoms with Gasteiger partial charge in [-0.25, -0.2) is 4.98 Å². The topological polar surface area (TPSA) is 79.8 Å². The van der Waals surface area contributed by atoms with E-state index in [0.29, 0.717) is 16.2 Å². The molecule has 7 heteroatoms. The third kappa shape index (κ3) is 3.91. The number of hydrogen-bond donors (Lipinski definition) is 2. The normalized spacial score (nSPS) is 11.2. The minimum atomic E-state index is -0.184. The van der Waals surface area contributed by atoms with Crippen LogP contribution >= 0.6 is 11.8 Å². The molecule has 0 radical (unpaired) electrons. The summed E-state index contributed by atoms with van der Waals surface area (Å²) in [5.74, 6) is -0.0351. The van der Waals surface area contributed by atoms with Crippen molar-refractivity contribution in [2.45, 2.75) is 19.0 Å². The second-order valence-electron chi connectivity index (χ2n) is 7.85. The average Bonchev–Trinajstić information content (AvgIpc) is 3.20. The van der Waals surface area contributed by atoms with E-state index >= 15 is 0 Å². The summed E-state index contributed by atoms with van der Waals surface area (Å²) in [7, 11) is 0. The van der Waals surface area contributed by atoms with Crippen LogP contribution in [0.2, 0.25) is 0 Å². The fraction of sp³-hybridized carbons (Fsp3) is 0.115. The van der Waals surface area contributed by atoms with Crippen molar-refractivity contribution in [3.8, 4) is 5.69 Å². The van der Waals surface area contributed by atoms with Crippen molar-refractivity contribution in [1.82, 2.24) is 14.5 Å². The van der Waals surface area contributed by atoms with E-state index in [1.54, 1.807) is 4.57 Å². The number of carbonyl (C=O) groups is 1. The van der Waals surface area contributed by atoms with Gasteiger partial charge >= 0.3 is 0 Å². The number of aromatic amines is 1. The van der Waals surface area contributed by atoms with Crippen LogP contribution in [0.4, 0.5) is 5.69 Å². The van der Waals surface area contributed by atoms with Crippen LogP contribution in [0.15, 0.2) is 82.7 Å². The molecule has 0 spiro atoms. The van der Waals surface area contributed by atoms with Crippen molar-refractivity contribution < 1.29 is 4.79 Å². The van der Waals surface area contributed by atoms with Crippen molar-refractivity contribution >= 4 is 45.3 Å². The molecule has 164 valence electrons. The minimum absolute atomic E-state index is 0.125. The molecule has 0 aliphatic heterocycles. The third-order valence-electron chi connectivity index (χ3n) is 5.70. The first-order valence-corrected chi connectivity index (χ1v) is 11.6. The Hall–Kier alpha value is -3.84. The Kier molecular flexibility index (Phi) is 5.48. The van der Waals surface area contributed by atoms with Gasteiger partial charge in [0.2, 0.25) is 5.91 Å². The minimum Gasteiger partial charge on any atom is -0.349 e. The van der Waals surface area contributed by atoms with Crippen molar-refractivity contribution in [3.05, 3.63) is 94.3 Å². The quantitative estimate of drug-likeness (QED) is 0.282. The molecule has 5 aromatic rings. The summed E-state index contributed by atoms with van der Waals surface area (Å²) >= 11 is 1.25. The van der Waals surface area contributed by atoms with Gasteiger partial charge in [0.05, 0.1) is 11.4 Å². The van der Waals surface area contributed by atoms with E-state index < -0.39 is 0 Å². The van der Waals surface area contributed by atoms with E-state index in [1.165, 1.54) is 11.8 Å². The molecule has 0 aliphatic carbocycles. The number of hydrogen-bond acceptors (Lipinski definition) is 4. The standard InChI is InChI=1S/C26H22N4O2S/c1-16-9-8-14-21(17(16)2)30-25(32)24-23(19-12-6-7-13-20(19)28-24)29-26(30)33-15-22(31)27-18-10-4-3-5-11-18/h3-14,28H,15H2,1-2H3,(H,27,31). The average molecular weight is 455 g/mol. The second-order valence-corrected chi connectivity index (χ2v) is 8.79. The predicted molar refractivity (Wildman–Crippen MR) is 134 cm³/mol. The number of carbonyl (C=O) groups excluding carboxylic acids is 1. The highest BCUT2D eigenvalue weighted by Crippen LogP contribution is 2.28. The van der Waals surface area contributed by atoms with Gasteiger partial charge in [-0.05, 0) is 49.2 Å². The Morgan fingerprint density at radius 3 is 2.58 bits per heavy atom. The summed E-state index contributed by atoms with van der Waals surface area (Å²) in [6, 6.07) is 22.9. The second kappa shape index (κ2) is 8.60. The number of rotatable bonds is 5. The van der Waals surface area contributed by atoms with Gasteiger partial charge in [0.1, 0.15) is 11.0 Å². The van der Waals surface area contributed by atoms with E-state index in [2.05, 4.69) is 10.3 Å². The summed E-state index contributed by atoms with van der Waals surface area (Å²) < 4.78 is 1.61. The number of para-hydroxylation sites is 2. The van der Waals surface area contributed by atoms with E-state index in [9.17, 15) is 9.59 Å². The zero-order chi connectivity index (χ0) is 22.9. The number of H-pyrrole nitrogens is 1. The highest BCUT2D eigenvalue weighted by molar-refractivity contribution is 7.99. The first-order chi connectivity index (χ1) is 16.0. The lowest BCUT2D eigenvalue weighted by Crippen LogP contribution is -2.23. The Morgan fingerprint density at radius 2 is 1.76 bits per heavy atom. The van der Waals surface area contributed by atoms with Crippen molar-refractivity contribution in [1.29, 1.82) is 0 Å². The van der Waals surface area contributed by atoms with Crippen LogP contribution in [0, 0.1) is 13.8 Å². The molecule has 2 heterocycles. The van der Waals surface area contributed by atoms with Gasteiger partial charge < -0.3 is 10.3 Å². The summed E-state index contributed by atoms with van der Waals surface area (Å²) in [6.45, 7) is 4.00. The molecule has 1 amide bonds. The van der Waals surface area contributed by atoms with E-state index in [-0.39, 0.29) is 17.2 Å². The number of nitrogens with one attached hydrogen (secondary N) is 2. The van der Waals surface area contributed by atoms with Gasteiger partial charge in [-0.2, -0.15) is 0 Å². The third-order valence-corrected chi connectivity index (χ3v) is 6.64. The molecule has 0 bridgehead atoms. The van der Waals surface area contributed by atoms with Crippen LogP contribution in [0.25, 0.3) is 27.6 Å². The Bertz CT molecular complexity index is 1550. The van der Waals surface area contributed by atoms with E-state index in [1.807, 2.05) is 86.6 Å². The van der Waals surface area contributed by atoms with Crippen LogP contribution in [-0.4, -0.2) is 26.2 Å². The van der Waals surface area contributed by atoms with Crippen LogP contribution in [0.1, 0.15) is 11.1 Å². The Morgan fingerprint density at radius 1 is 1.00 bits per heavy atom. The summed E-state index contributed by atoms with van der Waals surface area (Å²) in [6.07, 6.45) is 0. The Balaban J connectivity index is 1.62. The number of anilines is 1. The van der Waals surface area contributed by atoms with Gasteiger partial charge in [0.25, 0.3) is 5.56 Å². The zero-order valence-electron chi connectivity index (χ0n) is 18.3. The predicted octanol–water partition coefficient (Wildman–Crippen LogP) is 5.21. The van der Waals surface area contributed by atoms with Gasteiger partial charge in [0.15, 0.2) is 5.16 Å². The van der Waals surface area contributed by atoms with Gasteiger partial charge in [-0.15, -0.1) is 0 Å². The number of benzene rings is 3. The largest absolute Gasteiger partial charge is 0.349 e. The first-order valence-electron chi connectivity index (χ1n) is 10.6. The summed E-state index contributed by atoms with van der Waals surface area (Å²) in [4.78, 5) is 34.4. The van der Waals surface area contributed by atoms with Gasteiger partial charge in [-0.3, -0.25) is 14.2 Å². The van der Waals surface area contributed by atoms with Crippen molar-refractivity contribution in [2.24, 2.45) is 0 Å². The highest BCUT2D eigenvalue weighted by Gasteiger charge is 2.19. The molecule has 3 aromatic carbocycles. The van der Waals surface area contributed by atoms with Crippen LogP contribution < -0.4 is 10.9 Å². The summed E-state index contributed by atoms with van der Waals surface area (Å²) in [5.41, 5.74) is 5.30. The smallest absolute Gasteiger partial charge is 0.283 e. The monoisotopic (exact) mass is 454 g/mol. The van der Waals surface area contributed by atoms with Crippen molar-refractivity contribution in [3.63, 3.8) is 0 Å². The Labute approximate surface area is 194 Å². The lowest BCUT2D eigenvalue weighted by Gasteiger charge is -2.15. The maximum Gasteiger partial charge on any atom is 0.283 e. The molecule has 2 aromatic heterocycles. The zero-order valence-corrected chi connectivity index (χ0v) is 19.1. The number of aromatic nitrogens is 3. The van der Waals surface area contributed by atoms with Crippen LogP contribution in [-0.2, 0) is 4.79 Å². The first kappa shape index (κ1) is 21.0. The molecule has 0 fully saturated rings. The summed E-state index contributed by atoms with van der Waals surface area (Å²) in [5, 5.41) is 4.25. The van der Waals surface area contributed by atoms with Gasteiger partial charge in [-0.1, -0.05) is 60.3 Å². The SMILES string of the molecule is Cc1cccc(-n2c(SCC(=O)Nc3ccccc3)nc3c([nH]c4ccccc43)c2=O)c1C. The maximum atomic E-state index is 13.7. The lowest BCUT2D eigenvalue weighted by atomic mass is 10.1.